The SMILES string of the molecule is COc1ccc(NC(C)=O)cc1NC(=O)CN1c2ccc([N+](=O)[O-])cc2CC1C. The third-order valence-electron chi connectivity index (χ3n) is 4.74. The van der Waals surface area contributed by atoms with Crippen molar-refractivity contribution in [3.8, 4) is 5.75 Å². The number of rotatable bonds is 6. The van der Waals surface area contributed by atoms with Gasteiger partial charge < -0.3 is 20.3 Å². The van der Waals surface area contributed by atoms with E-state index < -0.39 is 4.92 Å². The van der Waals surface area contributed by atoms with Crippen LogP contribution in [0, 0.1) is 10.1 Å². The number of hydrogen-bond donors (Lipinski definition) is 2. The van der Waals surface area contributed by atoms with Crippen molar-refractivity contribution in [2.45, 2.75) is 26.3 Å². The summed E-state index contributed by atoms with van der Waals surface area (Å²) in [6.45, 7) is 3.45. The fraction of sp³-hybridized carbons (Fsp3) is 0.300. The van der Waals surface area contributed by atoms with Gasteiger partial charge in [0.2, 0.25) is 11.8 Å². The van der Waals surface area contributed by atoms with Gasteiger partial charge in [0.05, 0.1) is 24.3 Å². The third-order valence-corrected chi connectivity index (χ3v) is 4.74. The first kappa shape index (κ1) is 20.1. The molecule has 1 heterocycles. The fourth-order valence-electron chi connectivity index (χ4n) is 3.47. The Labute approximate surface area is 167 Å². The Hall–Kier alpha value is -3.62. The summed E-state index contributed by atoms with van der Waals surface area (Å²) >= 11 is 0. The van der Waals surface area contributed by atoms with Crippen LogP contribution in [0.2, 0.25) is 0 Å². The van der Waals surface area contributed by atoms with Crippen molar-refractivity contribution in [2.75, 3.05) is 29.2 Å². The van der Waals surface area contributed by atoms with E-state index in [2.05, 4.69) is 10.6 Å². The zero-order valence-corrected chi connectivity index (χ0v) is 16.4. The first-order chi connectivity index (χ1) is 13.8. The summed E-state index contributed by atoms with van der Waals surface area (Å²) in [4.78, 5) is 36.5. The van der Waals surface area contributed by atoms with E-state index in [-0.39, 0.29) is 30.1 Å². The van der Waals surface area contributed by atoms with Crippen LogP contribution in [0.25, 0.3) is 0 Å². The van der Waals surface area contributed by atoms with Crippen molar-refractivity contribution >= 4 is 34.6 Å². The van der Waals surface area contributed by atoms with Gasteiger partial charge in [0.25, 0.3) is 5.69 Å². The molecule has 1 aliphatic rings. The number of nitrogens with one attached hydrogen (secondary N) is 2. The molecule has 0 fully saturated rings. The largest absolute Gasteiger partial charge is 0.495 e. The maximum Gasteiger partial charge on any atom is 0.269 e. The predicted molar refractivity (Wildman–Crippen MR) is 110 cm³/mol. The van der Waals surface area contributed by atoms with Gasteiger partial charge in [-0.1, -0.05) is 0 Å². The number of carbonyl (C=O) groups is 2. The van der Waals surface area contributed by atoms with E-state index in [0.29, 0.717) is 23.5 Å². The molecule has 0 bridgehead atoms. The van der Waals surface area contributed by atoms with E-state index in [9.17, 15) is 19.7 Å². The van der Waals surface area contributed by atoms with Crippen LogP contribution in [0.1, 0.15) is 19.4 Å². The maximum absolute atomic E-state index is 12.7. The third kappa shape index (κ3) is 4.45. The minimum absolute atomic E-state index is 0.0327. The average molecular weight is 398 g/mol. The van der Waals surface area contributed by atoms with E-state index in [1.165, 1.54) is 20.1 Å². The monoisotopic (exact) mass is 398 g/mol. The number of nitro groups is 1. The summed E-state index contributed by atoms with van der Waals surface area (Å²) in [6, 6.07) is 9.69. The minimum Gasteiger partial charge on any atom is -0.495 e. The summed E-state index contributed by atoms with van der Waals surface area (Å²) in [6.07, 6.45) is 0.631. The molecule has 29 heavy (non-hydrogen) atoms. The van der Waals surface area contributed by atoms with Crippen molar-refractivity contribution in [1.82, 2.24) is 0 Å². The van der Waals surface area contributed by atoms with Crippen molar-refractivity contribution < 1.29 is 19.2 Å². The average Bonchev–Trinajstić information content (AvgIpc) is 2.96. The van der Waals surface area contributed by atoms with Crippen LogP contribution in [0.3, 0.4) is 0 Å². The quantitative estimate of drug-likeness (QED) is 0.571. The molecule has 2 N–H and O–H groups in total. The van der Waals surface area contributed by atoms with Crippen LogP contribution in [-0.2, 0) is 16.0 Å². The lowest BCUT2D eigenvalue weighted by Crippen LogP contribution is -2.37. The maximum atomic E-state index is 12.7. The fourth-order valence-corrected chi connectivity index (χ4v) is 3.47. The number of ether oxygens (including phenoxy) is 1. The second kappa shape index (κ2) is 8.17. The lowest BCUT2D eigenvalue weighted by atomic mass is 10.1. The second-order valence-electron chi connectivity index (χ2n) is 6.90. The molecular formula is C20H22N4O5. The van der Waals surface area contributed by atoms with Crippen molar-refractivity contribution in [3.63, 3.8) is 0 Å². The van der Waals surface area contributed by atoms with Crippen molar-refractivity contribution in [2.24, 2.45) is 0 Å². The summed E-state index contributed by atoms with van der Waals surface area (Å²) in [5, 5.41) is 16.5. The second-order valence-corrected chi connectivity index (χ2v) is 6.90. The van der Waals surface area contributed by atoms with Crippen LogP contribution < -0.4 is 20.3 Å². The molecule has 9 heteroatoms. The van der Waals surface area contributed by atoms with Gasteiger partial charge in [-0.15, -0.1) is 0 Å². The molecule has 0 aliphatic carbocycles. The number of non-ortho nitro benzene ring substituents is 1. The van der Waals surface area contributed by atoms with Gasteiger partial charge >= 0.3 is 0 Å². The molecule has 1 atom stereocenters. The van der Waals surface area contributed by atoms with Gasteiger partial charge in [-0.2, -0.15) is 0 Å². The number of amides is 2. The number of carbonyl (C=O) groups excluding carboxylic acids is 2. The highest BCUT2D eigenvalue weighted by Gasteiger charge is 2.29. The molecule has 0 aromatic heterocycles. The van der Waals surface area contributed by atoms with E-state index >= 15 is 0 Å². The highest BCUT2D eigenvalue weighted by atomic mass is 16.6. The summed E-state index contributed by atoms with van der Waals surface area (Å²) in [5.74, 6) is -0.0108. The molecule has 0 radical (unpaired) electrons. The highest BCUT2D eigenvalue weighted by molar-refractivity contribution is 5.97. The van der Waals surface area contributed by atoms with E-state index in [1.807, 2.05) is 11.8 Å². The number of benzene rings is 2. The van der Waals surface area contributed by atoms with E-state index in [1.54, 1.807) is 30.3 Å². The highest BCUT2D eigenvalue weighted by Crippen LogP contribution is 2.35. The topological polar surface area (TPSA) is 114 Å². The van der Waals surface area contributed by atoms with E-state index in [4.69, 9.17) is 4.74 Å². The number of hydrogen-bond acceptors (Lipinski definition) is 6. The van der Waals surface area contributed by atoms with Crippen molar-refractivity contribution in [1.29, 1.82) is 0 Å². The van der Waals surface area contributed by atoms with E-state index in [0.717, 1.165) is 11.3 Å². The number of methoxy groups -OCH3 is 1. The zero-order chi connectivity index (χ0) is 21.1. The Morgan fingerprint density at radius 1 is 1.24 bits per heavy atom. The normalized spacial score (nSPS) is 14.9. The summed E-state index contributed by atoms with van der Waals surface area (Å²) in [7, 11) is 1.49. The Morgan fingerprint density at radius 3 is 2.66 bits per heavy atom. The van der Waals surface area contributed by atoms with Gasteiger partial charge in [-0.05, 0) is 43.2 Å². The summed E-state index contributed by atoms with van der Waals surface area (Å²) < 4.78 is 5.28. The Kier molecular flexibility index (Phi) is 5.67. The van der Waals surface area contributed by atoms with Gasteiger partial charge in [0.15, 0.2) is 0 Å². The Bertz CT molecular complexity index is 975. The number of nitrogens with zero attached hydrogens (tertiary/aromatic N) is 2. The molecule has 2 amide bonds. The molecule has 1 aliphatic heterocycles. The van der Waals surface area contributed by atoms with Crippen LogP contribution in [0.5, 0.6) is 5.75 Å². The molecule has 0 saturated heterocycles. The van der Waals surface area contributed by atoms with Crippen LogP contribution >= 0.6 is 0 Å². The Balaban J connectivity index is 1.76. The first-order valence-electron chi connectivity index (χ1n) is 9.08. The van der Waals surface area contributed by atoms with Crippen LogP contribution in [0.15, 0.2) is 36.4 Å². The zero-order valence-electron chi connectivity index (χ0n) is 16.4. The molecular weight excluding hydrogens is 376 g/mol. The lowest BCUT2D eigenvalue weighted by molar-refractivity contribution is -0.384. The summed E-state index contributed by atoms with van der Waals surface area (Å²) in [5.41, 5.74) is 2.70. The van der Waals surface area contributed by atoms with Gasteiger partial charge in [-0.25, -0.2) is 0 Å². The molecule has 3 rings (SSSR count). The first-order valence-corrected chi connectivity index (χ1v) is 9.08. The Morgan fingerprint density at radius 2 is 2.00 bits per heavy atom. The molecule has 1 unspecified atom stereocenters. The number of anilines is 3. The van der Waals surface area contributed by atoms with Gasteiger partial charge in [-0.3, -0.25) is 19.7 Å². The molecule has 152 valence electrons. The van der Waals surface area contributed by atoms with Crippen LogP contribution in [-0.4, -0.2) is 36.4 Å². The number of fused-ring (bicyclic) bond motifs is 1. The molecule has 2 aromatic rings. The lowest BCUT2D eigenvalue weighted by Gasteiger charge is -2.24. The molecule has 2 aromatic carbocycles. The van der Waals surface area contributed by atoms with Crippen LogP contribution in [0.4, 0.5) is 22.7 Å². The predicted octanol–water partition coefficient (Wildman–Crippen LogP) is 2.95. The smallest absolute Gasteiger partial charge is 0.269 e. The minimum atomic E-state index is -0.422. The number of nitro benzene ring substituents is 1. The van der Waals surface area contributed by atoms with Gasteiger partial charge in [0.1, 0.15) is 5.75 Å². The molecule has 0 saturated carbocycles. The molecule has 0 spiro atoms. The van der Waals surface area contributed by atoms with Crippen molar-refractivity contribution in [3.05, 3.63) is 52.1 Å². The molecule has 9 nitrogen and oxygen atoms in total. The van der Waals surface area contributed by atoms with Gasteiger partial charge in [0, 0.05) is 36.5 Å². The standard InChI is InChI=1S/C20H22N4O5/c1-12-8-14-9-16(24(27)28)5-6-18(14)23(12)11-20(26)22-17-10-15(21-13(2)25)4-7-19(17)29-3/h4-7,9-10,12H,8,11H2,1-3H3,(H,21,25)(H,22,26).